The quantitative estimate of drug-likeness (QED) is 0.707. The van der Waals surface area contributed by atoms with Crippen molar-refractivity contribution in [1.29, 1.82) is 0 Å². The Morgan fingerprint density at radius 1 is 1.35 bits per heavy atom. The minimum Gasteiger partial charge on any atom is -0.493 e. The number of rotatable bonds is 7. The van der Waals surface area contributed by atoms with Crippen LogP contribution in [-0.4, -0.2) is 41.9 Å². The Kier molecular flexibility index (Phi) is 5.78. The molecule has 1 aliphatic heterocycles. The summed E-state index contributed by atoms with van der Waals surface area (Å²) < 4.78 is 23.5. The number of esters is 1. The Bertz CT molecular complexity index is 750. The highest BCUT2D eigenvalue weighted by Crippen LogP contribution is 2.34. The zero-order valence-corrected chi connectivity index (χ0v) is 15.3. The van der Waals surface area contributed by atoms with Gasteiger partial charge in [-0.3, -0.25) is 9.48 Å². The summed E-state index contributed by atoms with van der Waals surface area (Å²) in [5, 5.41) is 4.44. The maximum atomic E-state index is 11.8. The smallest absolute Gasteiger partial charge is 0.328 e. The van der Waals surface area contributed by atoms with E-state index in [2.05, 4.69) is 5.10 Å². The minimum absolute atomic E-state index is 0.0770. The van der Waals surface area contributed by atoms with Crippen molar-refractivity contribution in [2.24, 2.45) is 0 Å². The zero-order valence-electron chi connectivity index (χ0n) is 15.3. The highest BCUT2D eigenvalue weighted by atomic mass is 16.7. The lowest BCUT2D eigenvalue weighted by Crippen LogP contribution is -2.17. The normalized spacial score (nSPS) is 16.7. The topological polar surface area (TPSA) is 71.8 Å². The van der Waals surface area contributed by atoms with E-state index in [0.29, 0.717) is 18.1 Å². The number of aromatic nitrogens is 2. The van der Waals surface area contributed by atoms with Crippen LogP contribution in [0.5, 0.6) is 11.5 Å². The second-order valence-electron chi connectivity index (χ2n) is 6.36. The van der Waals surface area contributed by atoms with E-state index in [-0.39, 0.29) is 24.9 Å². The van der Waals surface area contributed by atoms with Gasteiger partial charge in [-0.1, -0.05) is 0 Å². The summed E-state index contributed by atoms with van der Waals surface area (Å²) in [6, 6.07) is 7.46. The van der Waals surface area contributed by atoms with Crippen LogP contribution in [0, 0.1) is 0 Å². The largest absolute Gasteiger partial charge is 0.493 e. The summed E-state index contributed by atoms with van der Waals surface area (Å²) in [5.74, 6) is 0.946. The average Bonchev–Trinajstić information content (AvgIpc) is 3.26. The van der Waals surface area contributed by atoms with Crippen LogP contribution in [0.4, 0.5) is 0 Å². The fourth-order valence-corrected chi connectivity index (χ4v) is 2.75. The summed E-state index contributed by atoms with van der Waals surface area (Å²) in [7, 11) is 1.60. The van der Waals surface area contributed by atoms with Gasteiger partial charge in [0.25, 0.3) is 0 Å². The average molecular weight is 360 g/mol. The molecule has 2 aromatic rings. The molecule has 1 aliphatic rings. The molecule has 0 spiro atoms. The van der Waals surface area contributed by atoms with E-state index in [9.17, 15) is 4.79 Å². The third kappa shape index (κ3) is 4.54. The monoisotopic (exact) mass is 360 g/mol. The number of methoxy groups -OCH3 is 1. The standard InChI is InChI=1S/C19H24N2O5/c1-13(2)25-18(22)12-21-9-8-15(20-21)14-6-7-16(23-3)17(11-14)26-19-5-4-10-24-19/h6-9,11,13,19H,4-5,10,12H2,1-3H3/t19-/m0/s1. The third-order valence-corrected chi connectivity index (χ3v) is 3.90. The number of hydrogen-bond donors (Lipinski definition) is 0. The second kappa shape index (κ2) is 8.23. The van der Waals surface area contributed by atoms with Crippen molar-refractivity contribution < 1.29 is 23.7 Å². The van der Waals surface area contributed by atoms with Gasteiger partial charge in [-0.2, -0.15) is 5.10 Å². The Hall–Kier alpha value is -2.54. The number of carbonyl (C=O) groups is 1. The lowest BCUT2D eigenvalue weighted by atomic mass is 10.1. The molecule has 3 rings (SSSR count). The molecule has 1 fully saturated rings. The molecule has 0 saturated carbocycles. The summed E-state index contributed by atoms with van der Waals surface area (Å²) in [5.41, 5.74) is 1.61. The lowest BCUT2D eigenvalue weighted by molar-refractivity contribution is -0.148. The van der Waals surface area contributed by atoms with Crippen molar-refractivity contribution in [3.63, 3.8) is 0 Å². The molecule has 26 heavy (non-hydrogen) atoms. The molecule has 0 unspecified atom stereocenters. The van der Waals surface area contributed by atoms with Crippen molar-refractivity contribution in [3.05, 3.63) is 30.5 Å². The van der Waals surface area contributed by atoms with Crippen molar-refractivity contribution >= 4 is 5.97 Å². The fourth-order valence-electron chi connectivity index (χ4n) is 2.75. The van der Waals surface area contributed by atoms with Crippen LogP contribution < -0.4 is 9.47 Å². The van der Waals surface area contributed by atoms with Crippen LogP contribution in [0.15, 0.2) is 30.5 Å². The number of benzene rings is 1. The van der Waals surface area contributed by atoms with Crippen LogP contribution >= 0.6 is 0 Å². The molecule has 0 radical (unpaired) electrons. The van der Waals surface area contributed by atoms with Crippen LogP contribution in [-0.2, 0) is 20.8 Å². The molecular formula is C19H24N2O5. The molecule has 2 heterocycles. The summed E-state index contributed by atoms with van der Waals surface area (Å²) in [6.45, 7) is 4.43. The SMILES string of the molecule is COc1ccc(-c2ccn(CC(=O)OC(C)C)n2)cc1O[C@H]1CCCO1. The van der Waals surface area contributed by atoms with E-state index in [1.54, 1.807) is 18.0 Å². The number of carbonyl (C=O) groups excluding carboxylic acids is 1. The highest BCUT2D eigenvalue weighted by molar-refractivity contribution is 5.69. The predicted octanol–water partition coefficient (Wildman–Crippen LogP) is 3.03. The van der Waals surface area contributed by atoms with Gasteiger partial charge in [0.15, 0.2) is 17.8 Å². The predicted molar refractivity (Wildman–Crippen MR) is 95.0 cm³/mol. The number of ether oxygens (including phenoxy) is 4. The first-order chi connectivity index (χ1) is 12.5. The second-order valence-corrected chi connectivity index (χ2v) is 6.36. The van der Waals surface area contributed by atoms with Crippen molar-refractivity contribution in [1.82, 2.24) is 9.78 Å². The van der Waals surface area contributed by atoms with Gasteiger partial charge in [-0.05, 0) is 44.5 Å². The van der Waals surface area contributed by atoms with Gasteiger partial charge in [0.2, 0.25) is 0 Å². The van der Waals surface area contributed by atoms with Crippen molar-refractivity contribution in [2.75, 3.05) is 13.7 Å². The molecule has 0 aliphatic carbocycles. The van der Waals surface area contributed by atoms with Crippen LogP contribution in [0.25, 0.3) is 11.3 Å². The van der Waals surface area contributed by atoms with E-state index in [4.69, 9.17) is 18.9 Å². The van der Waals surface area contributed by atoms with E-state index in [1.165, 1.54) is 0 Å². The van der Waals surface area contributed by atoms with Crippen LogP contribution in [0.1, 0.15) is 26.7 Å². The first-order valence-corrected chi connectivity index (χ1v) is 8.75. The molecule has 140 valence electrons. The molecule has 1 atom stereocenters. The molecule has 7 nitrogen and oxygen atoms in total. The van der Waals surface area contributed by atoms with Crippen molar-refractivity contribution in [2.45, 2.75) is 45.6 Å². The Morgan fingerprint density at radius 3 is 2.88 bits per heavy atom. The lowest BCUT2D eigenvalue weighted by Gasteiger charge is -2.16. The minimum atomic E-state index is -0.313. The van der Waals surface area contributed by atoms with Crippen LogP contribution in [0.3, 0.4) is 0 Å². The van der Waals surface area contributed by atoms with E-state index >= 15 is 0 Å². The van der Waals surface area contributed by atoms with Gasteiger partial charge in [-0.15, -0.1) is 0 Å². The Morgan fingerprint density at radius 2 is 2.19 bits per heavy atom. The Balaban J connectivity index is 1.75. The molecular weight excluding hydrogens is 336 g/mol. The highest BCUT2D eigenvalue weighted by Gasteiger charge is 2.19. The van der Waals surface area contributed by atoms with E-state index in [1.807, 2.05) is 38.1 Å². The number of hydrogen-bond acceptors (Lipinski definition) is 6. The van der Waals surface area contributed by atoms with Gasteiger partial charge < -0.3 is 18.9 Å². The molecule has 0 N–H and O–H groups in total. The first kappa shape index (κ1) is 18.3. The fraction of sp³-hybridized carbons (Fsp3) is 0.474. The maximum absolute atomic E-state index is 11.8. The molecule has 1 aromatic heterocycles. The summed E-state index contributed by atoms with van der Waals surface area (Å²) in [4.78, 5) is 11.8. The van der Waals surface area contributed by atoms with Gasteiger partial charge in [0.1, 0.15) is 6.54 Å². The summed E-state index contributed by atoms with van der Waals surface area (Å²) >= 11 is 0. The molecule has 1 aromatic carbocycles. The van der Waals surface area contributed by atoms with Gasteiger partial charge >= 0.3 is 5.97 Å². The third-order valence-electron chi connectivity index (χ3n) is 3.90. The van der Waals surface area contributed by atoms with Crippen molar-refractivity contribution in [3.8, 4) is 22.8 Å². The number of nitrogens with zero attached hydrogens (tertiary/aromatic N) is 2. The van der Waals surface area contributed by atoms with Gasteiger partial charge in [0.05, 0.1) is 25.5 Å². The van der Waals surface area contributed by atoms with E-state index < -0.39 is 0 Å². The van der Waals surface area contributed by atoms with E-state index in [0.717, 1.165) is 24.1 Å². The van der Waals surface area contributed by atoms with Crippen LogP contribution in [0.2, 0.25) is 0 Å². The maximum Gasteiger partial charge on any atom is 0.328 e. The van der Waals surface area contributed by atoms with Gasteiger partial charge in [-0.25, -0.2) is 0 Å². The Labute approximate surface area is 152 Å². The molecule has 0 amide bonds. The summed E-state index contributed by atoms with van der Waals surface area (Å²) in [6.07, 6.45) is 3.21. The van der Waals surface area contributed by atoms with Gasteiger partial charge in [0, 0.05) is 18.2 Å². The first-order valence-electron chi connectivity index (χ1n) is 8.75. The molecule has 0 bridgehead atoms. The molecule has 1 saturated heterocycles. The zero-order chi connectivity index (χ0) is 18.5. The molecule has 7 heteroatoms.